The van der Waals surface area contributed by atoms with Gasteiger partial charge in [-0.2, -0.15) is 0 Å². The minimum Gasteiger partial charge on any atom is -0.299 e. The van der Waals surface area contributed by atoms with E-state index in [1.54, 1.807) is 11.3 Å². The fraction of sp³-hybridized carbons (Fsp3) is 0.833. The first kappa shape index (κ1) is 11.6. The number of hydrogen-bond acceptors (Lipinski definition) is 5. The molecule has 1 aromatic heterocycles. The molecule has 0 N–H and O–H groups in total. The molecule has 0 saturated carbocycles. The number of aryl methyl sites for hydroxylation is 1. The molecular weight excluding hydrogens is 232 g/mol. The number of aromatic nitrogens is 2. The largest absolute Gasteiger partial charge is 0.299 e. The van der Waals surface area contributed by atoms with Gasteiger partial charge in [0.15, 0.2) is 0 Å². The predicted octanol–water partition coefficient (Wildman–Crippen LogP) is 1.52. The van der Waals surface area contributed by atoms with Crippen LogP contribution in [0.25, 0.3) is 0 Å². The van der Waals surface area contributed by atoms with E-state index in [0.29, 0.717) is 0 Å². The highest BCUT2D eigenvalue weighted by Crippen LogP contribution is 2.29. The van der Waals surface area contributed by atoms with Crippen molar-refractivity contribution >= 4 is 11.3 Å². The van der Waals surface area contributed by atoms with Crippen LogP contribution in [0.3, 0.4) is 0 Å². The van der Waals surface area contributed by atoms with Gasteiger partial charge in [-0.25, -0.2) is 0 Å². The molecule has 0 unspecified atom stereocenters. The summed E-state index contributed by atoms with van der Waals surface area (Å²) in [5.41, 5.74) is 0. The summed E-state index contributed by atoms with van der Waals surface area (Å²) in [7, 11) is 2.29. The average Bonchev–Trinajstić information content (AvgIpc) is 2.77. The second-order valence-corrected chi connectivity index (χ2v) is 6.56. The third kappa shape index (κ3) is 2.37. The van der Waals surface area contributed by atoms with Crippen molar-refractivity contribution in [2.75, 3.05) is 20.1 Å². The molecule has 2 fully saturated rings. The summed E-state index contributed by atoms with van der Waals surface area (Å²) in [5.74, 6) is 0. The molecule has 2 aliphatic heterocycles. The maximum absolute atomic E-state index is 4.23. The summed E-state index contributed by atoms with van der Waals surface area (Å²) in [6.45, 7) is 5.43. The molecule has 5 heteroatoms. The molecule has 2 atom stereocenters. The van der Waals surface area contributed by atoms with E-state index in [2.05, 4.69) is 27.0 Å². The second-order valence-electron chi connectivity index (χ2n) is 5.29. The average molecular weight is 252 g/mol. The van der Waals surface area contributed by atoms with Crippen LogP contribution in [0.2, 0.25) is 0 Å². The van der Waals surface area contributed by atoms with E-state index in [4.69, 9.17) is 0 Å². The zero-order valence-corrected chi connectivity index (χ0v) is 11.4. The lowest BCUT2D eigenvalue weighted by Crippen LogP contribution is -2.36. The fourth-order valence-corrected chi connectivity index (χ4v) is 3.87. The smallest absolute Gasteiger partial charge is 0.131 e. The van der Waals surface area contributed by atoms with Gasteiger partial charge < -0.3 is 0 Å². The fourth-order valence-electron chi connectivity index (χ4n) is 3.12. The van der Waals surface area contributed by atoms with Crippen molar-refractivity contribution in [1.82, 2.24) is 20.0 Å². The molecule has 4 nitrogen and oxygen atoms in total. The molecule has 2 saturated heterocycles. The Kier molecular flexibility index (Phi) is 3.15. The van der Waals surface area contributed by atoms with Gasteiger partial charge in [0.05, 0.1) is 6.54 Å². The maximum Gasteiger partial charge on any atom is 0.131 e. The van der Waals surface area contributed by atoms with Gasteiger partial charge in [-0.1, -0.05) is 0 Å². The zero-order valence-electron chi connectivity index (χ0n) is 10.6. The molecule has 3 heterocycles. The Morgan fingerprint density at radius 3 is 2.82 bits per heavy atom. The van der Waals surface area contributed by atoms with Crippen molar-refractivity contribution in [2.24, 2.45) is 0 Å². The summed E-state index contributed by atoms with van der Waals surface area (Å²) in [4.78, 5) is 5.14. The van der Waals surface area contributed by atoms with Crippen LogP contribution >= 0.6 is 11.3 Å². The summed E-state index contributed by atoms with van der Waals surface area (Å²) < 4.78 is 0. The number of rotatable bonds is 2. The van der Waals surface area contributed by atoms with Crippen LogP contribution in [0, 0.1) is 6.92 Å². The van der Waals surface area contributed by atoms with Gasteiger partial charge in [0.25, 0.3) is 0 Å². The summed E-state index contributed by atoms with van der Waals surface area (Å²) in [5, 5.41) is 10.6. The van der Waals surface area contributed by atoms with Gasteiger partial charge >= 0.3 is 0 Å². The number of likely N-dealkylation sites (tertiary alicyclic amines) is 1. The van der Waals surface area contributed by atoms with Gasteiger partial charge in [0, 0.05) is 25.2 Å². The quantitative estimate of drug-likeness (QED) is 0.799. The van der Waals surface area contributed by atoms with Crippen LogP contribution in [0.15, 0.2) is 0 Å². The zero-order chi connectivity index (χ0) is 11.8. The monoisotopic (exact) mass is 252 g/mol. The molecule has 0 radical (unpaired) electrons. The number of nitrogens with zero attached hydrogens (tertiary/aromatic N) is 4. The topological polar surface area (TPSA) is 32.3 Å². The molecule has 17 heavy (non-hydrogen) atoms. The first-order valence-electron chi connectivity index (χ1n) is 6.45. The van der Waals surface area contributed by atoms with Crippen LogP contribution in [-0.2, 0) is 6.54 Å². The first-order valence-corrected chi connectivity index (χ1v) is 7.27. The van der Waals surface area contributed by atoms with Gasteiger partial charge in [-0.05, 0) is 33.2 Å². The van der Waals surface area contributed by atoms with Gasteiger partial charge in [-0.15, -0.1) is 21.5 Å². The van der Waals surface area contributed by atoms with Crippen molar-refractivity contribution in [3.05, 3.63) is 10.0 Å². The lowest BCUT2D eigenvalue weighted by Gasteiger charge is -2.24. The van der Waals surface area contributed by atoms with Crippen molar-refractivity contribution in [3.63, 3.8) is 0 Å². The van der Waals surface area contributed by atoms with E-state index in [-0.39, 0.29) is 0 Å². The number of likely N-dealkylation sites (N-methyl/N-ethyl adjacent to an activating group) is 1. The van der Waals surface area contributed by atoms with Crippen LogP contribution in [0.4, 0.5) is 0 Å². The van der Waals surface area contributed by atoms with Crippen molar-refractivity contribution in [1.29, 1.82) is 0 Å². The molecule has 3 rings (SSSR count). The molecule has 2 bridgehead atoms. The highest BCUT2D eigenvalue weighted by Gasteiger charge is 2.34. The standard InChI is InChI=1S/C12H20N4S/c1-9-13-14-12(17-9)8-16-6-5-10-3-4-11(7-16)15(10)2/h10-11H,3-8H2,1-2H3/t10-,11+/m1/s1. The summed E-state index contributed by atoms with van der Waals surface area (Å²) >= 11 is 1.73. The van der Waals surface area contributed by atoms with Crippen molar-refractivity contribution in [2.45, 2.75) is 44.8 Å². The van der Waals surface area contributed by atoms with Gasteiger partial charge in [0.2, 0.25) is 0 Å². The van der Waals surface area contributed by atoms with E-state index in [1.165, 1.54) is 37.4 Å². The summed E-state index contributed by atoms with van der Waals surface area (Å²) in [6.07, 6.45) is 4.07. The van der Waals surface area contributed by atoms with Gasteiger partial charge in [0.1, 0.15) is 10.0 Å². The lowest BCUT2D eigenvalue weighted by molar-refractivity contribution is 0.214. The van der Waals surface area contributed by atoms with E-state index in [9.17, 15) is 0 Å². The van der Waals surface area contributed by atoms with Crippen molar-refractivity contribution < 1.29 is 0 Å². The van der Waals surface area contributed by atoms with Crippen LogP contribution in [-0.4, -0.2) is 52.2 Å². The molecule has 1 aromatic rings. The highest BCUT2D eigenvalue weighted by atomic mass is 32.1. The molecule has 0 amide bonds. The van der Waals surface area contributed by atoms with Crippen LogP contribution in [0.1, 0.15) is 29.3 Å². The van der Waals surface area contributed by atoms with Crippen LogP contribution in [0.5, 0.6) is 0 Å². The number of fused-ring (bicyclic) bond motifs is 2. The van der Waals surface area contributed by atoms with E-state index < -0.39 is 0 Å². The molecule has 94 valence electrons. The van der Waals surface area contributed by atoms with Gasteiger partial charge in [-0.3, -0.25) is 9.80 Å². The van der Waals surface area contributed by atoms with Crippen LogP contribution < -0.4 is 0 Å². The lowest BCUT2D eigenvalue weighted by atomic mass is 10.1. The number of hydrogen-bond donors (Lipinski definition) is 0. The molecule has 2 aliphatic rings. The predicted molar refractivity (Wildman–Crippen MR) is 69.1 cm³/mol. The first-order chi connectivity index (χ1) is 8.22. The van der Waals surface area contributed by atoms with Crippen molar-refractivity contribution in [3.8, 4) is 0 Å². The summed E-state index contributed by atoms with van der Waals surface area (Å²) in [6, 6.07) is 1.58. The Balaban J connectivity index is 1.65. The Morgan fingerprint density at radius 2 is 2.06 bits per heavy atom. The highest BCUT2D eigenvalue weighted by molar-refractivity contribution is 7.11. The minimum atomic E-state index is 0.761. The Morgan fingerprint density at radius 1 is 1.24 bits per heavy atom. The maximum atomic E-state index is 4.23. The third-order valence-corrected chi connectivity index (χ3v) is 4.98. The second kappa shape index (κ2) is 4.63. The Hall–Kier alpha value is -0.520. The Labute approximate surface area is 107 Å². The van der Waals surface area contributed by atoms with E-state index in [1.807, 2.05) is 6.92 Å². The third-order valence-electron chi connectivity index (χ3n) is 4.16. The normalized spacial score (nSPS) is 30.7. The molecular formula is C12H20N4S. The molecule has 0 aliphatic carbocycles. The Bertz CT molecular complexity index is 392. The molecule has 0 spiro atoms. The SMILES string of the molecule is Cc1nnc(CN2CC[C@H]3CC[C@@H](C2)N3C)s1. The molecule has 0 aromatic carbocycles. The van der Waals surface area contributed by atoms with E-state index in [0.717, 1.165) is 23.6 Å². The van der Waals surface area contributed by atoms with E-state index >= 15 is 0 Å². The minimum absolute atomic E-state index is 0.761.